The predicted molar refractivity (Wildman–Crippen MR) is 156 cm³/mol. The van der Waals surface area contributed by atoms with E-state index < -0.39 is 21.7 Å². The lowest BCUT2D eigenvalue weighted by molar-refractivity contribution is -0.120. The number of carbonyl (C=O) groups is 2. The summed E-state index contributed by atoms with van der Waals surface area (Å²) in [5.41, 5.74) is 1.42. The Kier molecular flexibility index (Phi) is 9.27. The van der Waals surface area contributed by atoms with Gasteiger partial charge >= 0.3 is 6.09 Å². The number of amides is 2. The van der Waals surface area contributed by atoms with Gasteiger partial charge in [0.15, 0.2) is 0 Å². The molecule has 0 aliphatic heterocycles. The molecule has 1 heterocycles. The van der Waals surface area contributed by atoms with Gasteiger partial charge in [0.25, 0.3) is 0 Å². The molecule has 0 radical (unpaired) electrons. The van der Waals surface area contributed by atoms with Crippen LogP contribution in [0.2, 0.25) is 0 Å². The second kappa shape index (κ2) is 12.5. The summed E-state index contributed by atoms with van der Waals surface area (Å²) in [5, 5.41) is 15.4. The highest BCUT2D eigenvalue weighted by Gasteiger charge is 2.29. The van der Waals surface area contributed by atoms with Gasteiger partial charge in [0.05, 0.1) is 21.2 Å². The Bertz CT molecular complexity index is 1440. The molecule has 214 valence electrons. The standard InChI is InChI=1S/C29H36N4O5S2/c1-29(2,3)33-40(37,38)25-15-20(16-26(34)30-17-19-7-5-4-6-8-19)9-14-23(25)24-18-31-27(39-24)21-10-12-22(13-11-21)32-28(35)36/h4-9,14-15,18,21-22,32-33H,10-13,16-17H2,1-3H3,(H,30,34)(H,35,36). The largest absolute Gasteiger partial charge is 0.465 e. The zero-order valence-corrected chi connectivity index (χ0v) is 24.6. The van der Waals surface area contributed by atoms with E-state index >= 15 is 0 Å². The predicted octanol–water partition coefficient (Wildman–Crippen LogP) is 5.04. The van der Waals surface area contributed by atoms with Crippen molar-refractivity contribution >= 4 is 33.4 Å². The molecule has 40 heavy (non-hydrogen) atoms. The van der Waals surface area contributed by atoms with Crippen LogP contribution in [0.15, 0.2) is 59.6 Å². The van der Waals surface area contributed by atoms with Crippen LogP contribution in [0.1, 0.15) is 68.5 Å². The molecule has 0 saturated heterocycles. The van der Waals surface area contributed by atoms with Gasteiger partial charge in [-0.1, -0.05) is 42.5 Å². The van der Waals surface area contributed by atoms with E-state index in [0.717, 1.165) is 41.1 Å². The van der Waals surface area contributed by atoms with Gasteiger partial charge in [0.2, 0.25) is 15.9 Å². The number of benzene rings is 2. The van der Waals surface area contributed by atoms with Gasteiger partial charge in [-0.2, -0.15) is 0 Å². The number of nitrogens with one attached hydrogen (secondary N) is 3. The molecule has 1 aliphatic rings. The summed E-state index contributed by atoms with van der Waals surface area (Å²) in [6.07, 6.45) is 3.85. The van der Waals surface area contributed by atoms with Crippen molar-refractivity contribution in [2.75, 3.05) is 0 Å². The van der Waals surface area contributed by atoms with E-state index in [1.165, 1.54) is 11.3 Å². The van der Waals surface area contributed by atoms with E-state index in [-0.39, 0.29) is 29.2 Å². The number of aromatic nitrogens is 1. The maximum atomic E-state index is 13.5. The van der Waals surface area contributed by atoms with Crippen LogP contribution in [0.5, 0.6) is 0 Å². The highest BCUT2D eigenvalue weighted by atomic mass is 32.2. The third kappa shape index (κ3) is 8.12. The second-order valence-electron chi connectivity index (χ2n) is 11.2. The van der Waals surface area contributed by atoms with Crippen molar-refractivity contribution in [2.45, 2.75) is 81.8 Å². The molecule has 9 nitrogen and oxygen atoms in total. The van der Waals surface area contributed by atoms with Crippen molar-refractivity contribution < 1.29 is 23.1 Å². The van der Waals surface area contributed by atoms with Crippen LogP contribution in [0.25, 0.3) is 10.4 Å². The van der Waals surface area contributed by atoms with Crippen LogP contribution < -0.4 is 15.4 Å². The summed E-state index contributed by atoms with van der Waals surface area (Å²) in [6, 6.07) is 14.7. The molecule has 0 bridgehead atoms. The Morgan fingerprint density at radius 3 is 2.38 bits per heavy atom. The van der Waals surface area contributed by atoms with Crippen LogP contribution in [0, 0.1) is 0 Å². The molecule has 1 aliphatic carbocycles. The quantitative estimate of drug-likeness (QED) is 0.278. The Morgan fingerprint density at radius 1 is 1.02 bits per heavy atom. The smallest absolute Gasteiger partial charge is 0.404 e. The first-order valence-electron chi connectivity index (χ1n) is 13.3. The minimum atomic E-state index is -3.91. The normalized spacial score (nSPS) is 17.8. The van der Waals surface area contributed by atoms with E-state index in [0.29, 0.717) is 17.7 Å². The van der Waals surface area contributed by atoms with Gasteiger partial charge < -0.3 is 15.7 Å². The Labute approximate surface area is 239 Å². The molecule has 0 unspecified atom stereocenters. The lowest BCUT2D eigenvalue weighted by Gasteiger charge is -2.27. The maximum Gasteiger partial charge on any atom is 0.404 e. The SMILES string of the molecule is CC(C)(C)NS(=O)(=O)c1cc(CC(=O)NCc2ccccc2)ccc1-c1cnc(C2CCC(NC(=O)O)CC2)s1. The highest BCUT2D eigenvalue weighted by molar-refractivity contribution is 7.89. The third-order valence-electron chi connectivity index (χ3n) is 6.67. The third-order valence-corrected chi connectivity index (χ3v) is 9.66. The van der Waals surface area contributed by atoms with Crippen molar-refractivity contribution in [1.29, 1.82) is 0 Å². The fourth-order valence-corrected chi connectivity index (χ4v) is 7.75. The Morgan fingerprint density at radius 2 is 1.73 bits per heavy atom. The molecular weight excluding hydrogens is 548 g/mol. The van der Waals surface area contributed by atoms with Crippen LogP contribution in [0.3, 0.4) is 0 Å². The van der Waals surface area contributed by atoms with Crippen molar-refractivity contribution in [2.24, 2.45) is 0 Å². The van der Waals surface area contributed by atoms with Gasteiger partial charge in [-0.3, -0.25) is 4.79 Å². The maximum absolute atomic E-state index is 13.5. The minimum Gasteiger partial charge on any atom is -0.465 e. The zero-order chi connectivity index (χ0) is 28.9. The van der Waals surface area contributed by atoms with Gasteiger partial charge in [0, 0.05) is 35.8 Å². The lowest BCUT2D eigenvalue weighted by atomic mass is 9.86. The van der Waals surface area contributed by atoms with Gasteiger partial charge in [-0.05, 0) is 63.6 Å². The first-order valence-corrected chi connectivity index (χ1v) is 15.6. The molecule has 1 fully saturated rings. The molecule has 4 rings (SSSR count). The first kappa shape index (κ1) is 29.7. The number of nitrogens with zero attached hydrogens (tertiary/aromatic N) is 1. The fourth-order valence-electron chi connectivity index (χ4n) is 4.87. The molecule has 11 heteroatoms. The van der Waals surface area contributed by atoms with Crippen LogP contribution in [0.4, 0.5) is 4.79 Å². The van der Waals surface area contributed by atoms with E-state index in [9.17, 15) is 18.0 Å². The molecule has 2 aromatic carbocycles. The monoisotopic (exact) mass is 584 g/mol. The first-order chi connectivity index (χ1) is 18.9. The van der Waals surface area contributed by atoms with Crippen LogP contribution in [-0.2, 0) is 27.8 Å². The van der Waals surface area contributed by atoms with Crippen molar-refractivity contribution in [3.63, 3.8) is 0 Å². The number of rotatable bonds is 9. The summed E-state index contributed by atoms with van der Waals surface area (Å²) in [7, 11) is -3.91. The molecule has 3 aromatic rings. The summed E-state index contributed by atoms with van der Waals surface area (Å²) in [4.78, 5) is 29.1. The number of hydrogen-bond acceptors (Lipinski definition) is 6. The molecule has 0 atom stereocenters. The average Bonchev–Trinajstić information content (AvgIpc) is 3.37. The topological polar surface area (TPSA) is 137 Å². The van der Waals surface area contributed by atoms with E-state index in [1.54, 1.807) is 45.2 Å². The van der Waals surface area contributed by atoms with Crippen LogP contribution >= 0.6 is 11.3 Å². The molecule has 2 amide bonds. The fraction of sp³-hybridized carbons (Fsp3) is 0.414. The lowest BCUT2D eigenvalue weighted by Crippen LogP contribution is -2.40. The number of thiazole rings is 1. The van der Waals surface area contributed by atoms with E-state index in [1.807, 2.05) is 30.3 Å². The summed E-state index contributed by atoms with van der Waals surface area (Å²) in [6.45, 7) is 5.74. The van der Waals surface area contributed by atoms with Crippen LogP contribution in [-0.4, -0.2) is 42.1 Å². The van der Waals surface area contributed by atoms with Gasteiger partial charge in [0.1, 0.15) is 0 Å². The number of hydrogen-bond donors (Lipinski definition) is 4. The summed E-state index contributed by atoms with van der Waals surface area (Å²) < 4.78 is 29.8. The number of carboxylic acid groups (broad SMARTS) is 1. The molecule has 0 spiro atoms. The minimum absolute atomic E-state index is 0.0483. The molecule has 1 aromatic heterocycles. The highest BCUT2D eigenvalue weighted by Crippen LogP contribution is 2.39. The summed E-state index contributed by atoms with van der Waals surface area (Å²) >= 11 is 1.46. The van der Waals surface area contributed by atoms with Crippen molar-refractivity contribution in [3.8, 4) is 10.4 Å². The molecule has 1 saturated carbocycles. The number of sulfonamides is 1. The summed E-state index contributed by atoms with van der Waals surface area (Å²) in [5.74, 6) is 0.00253. The molecular formula is C29H36N4O5S2. The molecule has 4 N–H and O–H groups in total. The second-order valence-corrected chi connectivity index (χ2v) is 13.9. The Balaban J connectivity index is 1.56. The van der Waals surface area contributed by atoms with Crippen molar-refractivity contribution in [1.82, 2.24) is 20.3 Å². The van der Waals surface area contributed by atoms with Crippen molar-refractivity contribution in [3.05, 3.63) is 70.9 Å². The number of carbonyl (C=O) groups excluding carboxylic acids is 1. The average molecular weight is 585 g/mol. The van der Waals surface area contributed by atoms with E-state index in [4.69, 9.17) is 5.11 Å². The Hall–Kier alpha value is -3.28. The van der Waals surface area contributed by atoms with Gasteiger partial charge in [-0.25, -0.2) is 22.9 Å². The zero-order valence-electron chi connectivity index (χ0n) is 22.9. The van der Waals surface area contributed by atoms with E-state index in [2.05, 4.69) is 20.3 Å². The van der Waals surface area contributed by atoms with Gasteiger partial charge in [-0.15, -0.1) is 11.3 Å².